The van der Waals surface area contributed by atoms with E-state index in [0.29, 0.717) is 12.2 Å². The van der Waals surface area contributed by atoms with Crippen LogP contribution in [0.15, 0.2) is 12.3 Å². The Labute approximate surface area is 76.4 Å². The van der Waals surface area contributed by atoms with Gasteiger partial charge >= 0.3 is 0 Å². The minimum Gasteiger partial charge on any atom is -0.325 e. The second kappa shape index (κ2) is 4.64. The van der Waals surface area contributed by atoms with E-state index in [2.05, 4.69) is 15.3 Å². The first kappa shape index (κ1) is 9.76. The Balaban J connectivity index is 2.82. The Morgan fingerprint density at radius 2 is 2.46 bits per heavy atom. The van der Waals surface area contributed by atoms with E-state index >= 15 is 0 Å². The van der Waals surface area contributed by atoms with Gasteiger partial charge in [-0.05, 0) is 13.1 Å². The molecule has 0 aliphatic carbocycles. The van der Waals surface area contributed by atoms with Gasteiger partial charge in [0.25, 0.3) is 0 Å². The number of carbonyl (C=O) groups is 1. The fourth-order valence-corrected chi connectivity index (χ4v) is 0.884. The highest BCUT2D eigenvalue weighted by Gasteiger charge is 2.07. The lowest BCUT2D eigenvalue weighted by molar-refractivity contribution is 0.0983. The van der Waals surface area contributed by atoms with Crippen LogP contribution in [0.5, 0.6) is 0 Å². The molecular weight excluding hydrogens is 168 g/mol. The number of nitrogens with one attached hydrogen (secondary N) is 1. The first-order chi connectivity index (χ1) is 6.27. The molecule has 0 fully saturated rings. The Morgan fingerprint density at radius 1 is 1.69 bits per heavy atom. The normalized spacial score (nSPS) is 10.0. The second-order valence-electron chi connectivity index (χ2n) is 2.53. The zero-order chi connectivity index (χ0) is 9.68. The standard InChI is InChI=1S/C8H12N4O/c1-10-5-7(13)8-11-3-2-6(4-9)12-8/h2-3,10H,4-5,9H2,1H3. The van der Waals surface area contributed by atoms with Crippen LogP contribution in [0.4, 0.5) is 0 Å². The van der Waals surface area contributed by atoms with E-state index in [1.54, 1.807) is 13.1 Å². The van der Waals surface area contributed by atoms with Crippen molar-refractivity contribution in [2.24, 2.45) is 5.73 Å². The fraction of sp³-hybridized carbons (Fsp3) is 0.375. The molecular formula is C8H12N4O. The number of nitrogens with zero attached hydrogens (tertiary/aromatic N) is 2. The number of carbonyl (C=O) groups excluding carboxylic acids is 1. The number of hydrogen-bond acceptors (Lipinski definition) is 5. The van der Waals surface area contributed by atoms with E-state index < -0.39 is 0 Å². The lowest BCUT2D eigenvalue weighted by Gasteiger charge is -1.99. The third-order valence-electron chi connectivity index (χ3n) is 1.51. The van der Waals surface area contributed by atoms with Gasteiger partial charge in [0, 0.05) is 12.7 Å². The molecule has 0 saturated heterocycles. The van der Waals surface area contributed by atoms with Crippen LogP contribution < -0.4 is 11.1 Å². The third kappa shape index (κ3) is 2.57. The molecule has 1 rings (SSSR count). The second-order valence-corrected chi connectivity index (χ2v) is 2.53. The summed E-state index contributed by atoms with van der Waals surface area (Å²) in [5.74, 6) is 0.0927. The average molecular weight is 180 g/mol. The number of hydrogen-bond donors (Lipinski definition) is 2. The molecule has 0 aliphatic rings. The molecule has 0 radical (unpaired) electrons. The molecule has 1 aromatic rings. The SMILES string of the molecule is CNCC(=O)c1nccc(CN)n1. The van der Waals surface area contributed by atoms with E-state index in [4.69, 9.17) is 5.73 Å². The van der Waals surface area contributed by atoms with Crippen molar-refractivity contribution in [2.45, 2.75) is 6.54 Å². The maximum atomic E-state index is 11.3. The van der Waals surface area contributed by atoms with Gasteiger partial charge in [-0.25, -0.2) is 9.97 Å². The summed E-state index contributed by atoms with van der Waals surface area (Å²) in [5, 5.41) is 2.74. The van der Waals surface area contributed by atoms with Gasteiger partial charge in [0.05, 0.1) is 12.2 Å². The van der Waals surface area contributed by atoms with Gasteiger partial charge in [0.1, 0.15) is 0 Å². The quantitative estimate of drug-likeness (QED) is 0.601. The largest absolute Gasteiger partial charge is 0.325 e. The zero-order valence-corrected chi connectivity index (χ0v) is 7.45. The highest BCUT2D eigenvalue weighted by Crippen LogP contribution is 1.94. The number of rotatable bonds is 4. The lowest BCUT2D eigenvalue weighted by atomic mass is 10.3. The monoisotopic (exact) mass is 180 g/mol. The molecule has 1 aromatic heterocycles. The fourth-order valence-electron chi connectivity index (χ4n) is 0.884. The Morgan fingerprint density at radius 3 is 3.08 bits per heavy atom. The van der Waals surface area contributed by atoms with Crippen molar-refractivity contribution in [1.29, 1.82) is 0 Å². The van der Waals surface area contributed by atoms with Gasteiger partial charge < -0.3 is 11.1 Å². The van der Waals surface area contributed by atoms with Gasteiger partial charge in [-0.1, -0.05) is 0 Å². The highest BCUT2D eigenvalue weighted by molar-refractivity contribution is 5.94. The Hall–Kier alpha value is -1.33. The number of nitrogens with two attached hydrogens (primary N) is 1. The first-order valence-corrected chi connectivity index (χ1v) is 3.97. The summed E-state index contributed by atoms with van der Waals surface area (Å²) in [6, 6.07) is 1.69. The predicted molar refractivity (Wildman–Crippen MR) is 48.2 cm³/mol. The summed E-state index contributed by atoms with van der Waals surface area (Å²) in [4.78, 5) is 19.1. The molecule has 0 saturated carbocycles. The van der Waals surface area contributed by atoms with E-state index in [1.807, 2.05) is 0 Å². The number of likely N-dealkylation sites (N-methyl/N-ethyl adjacent to an activating group) is 1. The first-order valence-electron chi connectivity index (χ1n) is 3.97. The van der Waals surface area contributed by atoms with Crippen LogP contribution >= 0.6 is 0 Å². The van der Waals surface area contributed by atoms with Crippen molar-refractivity contribution in [3.05, 3.63) is 23.8 Å². The van der Waals surface area contributed by atoms with Gasteiger partial charge in [0.15, 0.2) is 5.82 Å². The van der Waals surface area contributed by atoms with Crippen molar-refractivity contribution < 1.29 is 4.79 Å². The lowest BCUT2D eigenvalue weighted by Crippen LogP contribution is -2.21. The predicted octanol–water partition coefficient (Wildman–Crippen LogP) is -0.663. The number of ketones is 1. The van der Waals surface area contributed by atoms with Crippen LogP contribution in [0.3, 0.4) is 0 Å². The van der Waals surface area contributed by atoms with Crippen LogP contribution in [0.1, 0.15) is 16.3 Å². The molecule has 0 bridgehead atoms. The van der Waals surface area contributed by atoms with E-state index in [-0.39, 0.29) is 18.2 Å². The molecule has 0 atom stereocenters. The molecule has 5 nitrogen and oxygen atoms in total. The summed E-state index contributed by atoms with van der Waals surface area (Å²) in [7, 11) is 1.70. The van der Waals surface area contributed by atoms with Crippen LogP contribution in [0.2, 0.25) is 0 Å². The van der Waals surface area contributed by atoms with E-state index in [0.717, 1.165) is 0 Å². The molecule has 5 heteroatoms. The summed E-state index contributed by atoms with van der Waals surface area (Å²) < 4.78 is 0. The zero-order valence-electron chi connectivity index (χ0n) is 7.45. The van der Waals surface area contributed by atoms with Crippen LogP contribution in [-0.4, -0.2) is 29.3 Å². The Bertz CT molecular complexity index is 300. The van der Waals surface area contributed by atoms with E-state index in [9.17, 15) is 4.79 Å². The minimum absolute atomic E-state index is 0.127. The van der Waals surface area contributed by atoms with Crippen molar-refractivity contribution in [3.63, 3.8) is 0 Å². The maximum Gasteiger partial charge on any atom is 0.213 e. The Kier molecular flexibility index (Phi) is 3.48. The highest BCUT2D eigenvalue weighted by atomic mass is 16.1. The summed E-state index contributed by atoms with van der Waals surface area (Å²) in [6.45, 7) is 0.566. The molecule has 0 spiro atoms. The van der Waals surface area contributed by atoms with Crippen molar-refractivity contribution >= 4 is 5.78 Å². The molecule has 0 aromatic carbocycles. The molecule has 3 N–H and O–H groups in total. The summed E-state index contributed by atoms with van der Waals surface area (Å²) in [5.41, 5.74) is 6.05. The molecule has 1 heterocycles. The average Bonchev–Trinajstić information content (AvgIpc) is 2.18. The molecule has 70 valence electrons. The minimum atomic E-state index is -0.127. The van der Waals surface area contributed by atoms with Gasteiger partial charge in [-0.3, -0.25) is 4.79 Å². The van der Waals surface area contributed by atoms with E-state index in [1.165, 1.54) is 6.20 Å². The van der Waals surface area contributed by atoms with Crippen LogP contribution in [0, 0.1) is 0 Å². The van der Waals surface area contributed by atoms with Crippen molar-refractivity contribution in [3.8, 4) is 0 Å². The van der Waals surface area contributed by atoms with Crippen molar-refractivity contribution in [2.75, 3.05) is 13.6 Å². The number of Topliss-reactive ketones (excluding diaryl/α,β-unsaturated/α-hetero) is 1. The summed E-state index contributed by atoms with van der Waals surface area (Å²) >= 11 is 0. The topological polar surface area (TPSA) is 80.9 Å². The van der Waals surface area contributed by atoms with Crippen LogP contribution in [0.25, 0.3) is 0 Å². The van der Waals surface area contributed by atoms with Gasteiger partial charge in [-0.2, -0.15) is 0 Å². The molecule has 0 unspecified atom stereocenters. The molecule has 0 amide bonds. The number of aromatic nitrogens is 2. The van der Waals surface area contributed by atoms with Gasteiger partial charge in [0.2, 0.25) is 5.78 Å². The molecule has 0 aliphatic heterocycles. The third-order valence-corrected chi connectivity index (χ3v) is 1.51. The smallest absolute Gasteiger partial charge is 0.213 e. The van der Waals surface area contributed by atoms with Crippen LogP contribution in [-0.2, 0) is 6.54 Å². The summed E-state index contributed by atoms with van der Waals surface area (Å²) in [6.07, 6.45) is 1.54. The maximum absolute atomic E-state index is 11.3. The molecule has 13 heavy (non-hydrogen) atoms. The van der Waals surface area contributed by atoms with Gasteiger partial charge in [-0.15, -0.1) is 0 Å². The van der Waals surface area contributed by atoms with Crippen molar-refractivity contribution in [1.82, 2.24) is 15.3 Å².